The van der Waals surface area contributed by atoms with E-state index >= 15 is 0 Å². The van der Waals surface area contributed by atoms with Crippen molar-refractivity contribution in [2.24, 2.45) is 5.92 Å². The van der Waals surface area contributed by atoms with Gasteiger partial charge in [-0.15, -0.1) is 0 Å². The van der Waals surface area contributed by atoms with E-state index in [0.717, 1.165) is 19.3 Å². The lowest BCUT2D eigenvalue weighted by Crippen LogP contribution is -2.21. The molecule has 6 nitrogen and oxygen atoms in total. The quantitative estimate of drug-likeness (QED) is 0.618. The molecule has 0 radical (unpaired) electrons. The molecule has 0 spiro atoms. The van der Waals surface area contributed by atoms with Gasteiger partial charge < -0.3 is 15.2 Å². The average Bonchev–Trinajstić information content (AvgIpc) is 2.82. The number of aliphatic hydroxyl groups excluding tert-OH is 1. The molecule has 0 amide bonds. The van der Waals surface area contributed by atoms with E-state index in [2.05, 4.69) is 5.32 Å². The number of rotatable bonds is 6. The van der Waals surface area contributed by atoms with Gasteiger partial charge in [0.25, 0.3) is 5.69 Å². The van der Waals surface area contributed by atoms with Gasteiger partial charge in [-0.05, 0) is 19.8 Å². The molecule has 0 heterocycles. The number of non-ortho nitro benzene ring substituents is 1. The molecule has 1 aliphatic rings. The van der Waals surface area contributed by atoms with Gasteiger partial charge in [0.15, 0.2) is 0 Å². The van der Waals surface area contributed by atoms with Gasteiger partial charge in [0.1, 0.15) is 5.75 Å². The highest BCUT2D eigenvalue weighted by Gasteiger charge is 2.24. The molecule has 6 heteroatoms. The van der Waals surface area contributed by atoms with Crippen molar-refractivity contribution in [2.45, 2.75) is 32.3 Å². The number of hydrogen-bond donors (Lipinski definition) is 2. The Bertz CT molecular complexity index is 478. The van der Waals surface area contributed by atoms with Gasteiger partial charge in [-0.25, -0.2) is 0 Å². The first-order chi connectivity index (χ1) is 9.60. The summed E-state index contributed by atoms with van der Waals surface area (Å²) in [5, 5.41) is 23.8. The Hall–Kier alpha value is -1.82. The molecule has 2 atom stereocenters. The zero-order valence-corrected chi connectivity index (χ0v) is 11.5. The normalized spacial score (nSPS) is 21.7. The van der Waals surface area contributed by atoms with Crippen LogP contribution in [0.3, 0.4) is 0 Å². The maximum absolute atomic E-state index is 10.9. The maximum Gasteiger partial charge on any atom is 0.275 e. The van der Waals surface area contributed by atoms with Crippen molar-refractivity contribution in [2.75, 3.05) is 18.5 Å². The van der Waals surface area contributed by atoms with E-state index in [1.54, 1.807) is 6.07 Å². The summed E-state index contributed by atoms with van der Waals surface area (Å²) < 4.78 is 5.34. The van der Waals surface area contributed by atoms with Crippen LogP contribution in [0, 0.1) is 16.0 Å². The molecule has 110 valence electrons. The van der Waals surface area contributed by atoms with Crippen LogP contribution in [0.2, 0.25) is 0 Å². The first kappa shape index (κ1) is 14.6. The van der Waals surface area contributed by atoms with E-state index in [9.17, 15) is 15.2 Å². The molecular formula is C14H20N2O4. The van der Waals surface area contributed by atoms with Crippen molar-refractivity contribution in [1.82, 2.24) is 0 Å². The van der Waals surface area contributed by atoms with Crippen molar-refractivity contribution >= 4 is 11.4 Å². The second-order valence-electron chi connectivity index (χ2n) is 5.04. The zero-order valence-electron chi connectivity index (χ0n) is 11.5. The van der Waals surface area contributed by atoms with Gasteiger partial charge in [0, 0.05) is 30.3 Å². The number of aliphatic hydroxyl groups is 1. The molecular weight excluding hydrogens is 260 g/mol. The van der Waals surface area contributed by atoms with Crippen LogP contribution in [-0.4, -0.2) is 29.3 Å². The van der Waals surface area contributed by atoms with Crippen LogP contribution in [0.25, 0.3) is 0 Å². The molecule has 0 aliphatic heterocycles. The SMILES string of the molecule is CCOc1cc(NCC2CCCC2O)cc([N+](=O)[O-])c1. The van der Waals surface area contributed by atoms with Crippen molar-refractivity contribution < 1.29 is 14.8 Å². The summed E-state index contributed by atoms with van der Waals surface area (Å²) >= 11 is 0. The zero-order chi connectivity index (χ0) is 14.5. The minimum atomic E-state index is -0.432. The van der Waals surface area contributed by atoms with Gasteiger partial charge in [-0.2, -0.15) is 0 Å². The molecule has 20 heavy (non-hydrogen) atoms. The van der Waals surface area contributed by atoms with E-state index in [1.807, 2.05) is 6.92 Å². The number of nitro benzene ring substituents is 1. The standard InChI is InChI=1S/C14H20N2O4/c1-2-20-13-7-11(6-12(8-13)16(18)19)15-9-10-4-3-5-14(10)17/h6-8,10,14-15,17H,2-5,9H2,1H3. The van der Waals surface area contributed by atoms with Gasteiger partial charge >= 0.3 is 0 Å². The number of hydrogen-bond acceptors (Lipinski definition) is 5. The Morgan fingerprint density at radius 3 is 2.85 bits per heavy atom. The number of ether oxygens (including phenoxy) is 1. The van der Waals surface area contributed by atoms with E-state index in [0.29, 0.717) is 24.6 Å². The summed E-state index contributed by atoms with van der Waals surface area (Å²) in [5.41, 5.74) is 0.659. The molecule has 0 aromatic heterocycles. The molecule has 1 aliphatic carbocycles. The van der Waals surface area contributed by atoms with Gasteiger partial charge in [-0.1, -0.05) is 6.42 Å². The lowest BCUT2D eigenvalue weighted by Gasteiger charge is -2.16. The summed E-state index contributed by atoms with van der Waals surface area (Å²) in [7, 11) is 0. The lowest BCUT2D eigenvalue weighted by molar-refractivity contribution is -0.384. The van der Waals surface area contributed by atoms with E-state index in [-0.39, 0.29) is 17.7 Å². The number of benzene rings is 1. The second-order valence-corrected chi connectivity index (χ2v) is 5.04. The van der Waals surface area contributed by atoms with E-state index in [4.69, 9.17) is 4.74 Å². The molecule has 0 bridgehead atoms. The second kappa shape index (κ2) is 6.56. The lowest BCUT2D eigenvalue weighted by atomic mass is 10.1. The monoisotopic (exact) mass is 280 g/mol. The van der Waals surface area contributed by atoms with Crippen molar-refractivity contribution in [1.29, 1.82) is 0 Å². The Morgan fingerprint density at radius 2 is 2.25 bits per heavy atom. The molecule has 0 saturated heterocycles. The van der Waals surface area contributed by atoms with Gasteiger partial charge in [-0.3, -0.25) is 10.1 Å². The smallest absolute Gasteiger partial charge is 0.275 e. The average molecular weight is 280 g/mol. The van der Waals surface area contributed by atoms with E-state index in [1.165, 1.54) is 12.1 Å². The third kappa shape index (κ3) is 3.60. The summed E-state index contributed by atoms with van der Waals surface area (Å²) in [5.74, 6) is 0.695. The molecule has 2 rings (SSSR count). The predicted octanol–water partition coefficient (Wildman–Crippen LogP) is 2.57. The van der Waals surface area contributed by atoms with Crippen LogP contribution in [0.1, 0.15) is 26.2 Å². The van der Waals surface area contributed by atoms with E-state index < -0.39 is 4.92 Å². The van der Waals surface area contributed by atoms with Crippen molar-refractivity contribution in [3.05, 3.63) is 28.3 Å². The largest absolute Gasteiger partial charge is 0.494 e. The number of anilines is 1. The third-order valence-corrected chi connectivity index (χ3v) is 3.60. The van der Waals surface area contributed by atoms with Gasteiger partial charge in [0.05, 0.1) is 23.7 Å². The predicted molar refractivity (Wildman–Crippen MR) is 76.1 cm³/mol. The minimum Gasteiger partial charge on any atom is -0.494 e. The summed E-state index contributed by atoms with van der Waals surface area (Å²) in [6.07, 6.45) is 2.59. The summed E-state index contributed by atoms with van der Waals surface area (Å²) in [6, 6.07) is 4.65. The molecule has 1 aromatic rings. The first-order valence-corrected chi connectivity index (χ1v) is 6.94. The Balaban J connectivity index is 2.07. The van der Waals surface area contributed by atoms with Crippen LogP contribution >= 0.6 is 0 Å². The molecule has 1 fully saturated rings. The number of nitrogens with one attached hydrogen (secondary N) is 1. The number of nitro groups is 1. The molecule has 1 aromatic carbocycles. The highest BCUT2D eigenvalue weighted by molar-refractivity contribution is 5.56. The highest BCUT2D eigenvalue weighted by atomic mass is 16.6. The third-order valence-electron chi connectivity index (χ3n) is 3.60. The van der Waals surface area contributed by atoms with Crippen molar-refractivity contribution in [3.63, 3.8) is 0 Å². The fourth-order valence-electron chi connectivity index (χ4n) is 2.55. The molecule has 2 unspecified atom stereocenters. The van der Waals surface area contributed by atoms with Crippen LogP contribution in [0.15, 0.2) is 18.2 Å². The highest BCUT2D eigenvalue weighted by Crippen LogP contribution is 2.29. The first-order valence-electron chi connectivity index (χ1n) is 6.94. The van der Waals surface area contributed by atoms with Crippen molar-refractivity contribution in [3.8, 4) is 5.75 Å². The number of nitrogens with zero attached hydrogens (tertiary/aromatic N) is 1. The fraction of sp³-hybridized carbons (Fsp3) is 0.571. The molecule has 2 N–H and O–H groups in total. The van der Waals surface area contributed by atoms with Crippen LogP contribution in [0.4, 0.5) is 11.4 Å². The Kier molecular flexibility index (Phi) is 4.79. The van der Waals surface area contributed by atoms with Crippen LogP contribution < -0.4 is 10.1 Å². The summed E-state index contributed by atoms with van der Waals surface area (Å²) in [6.45, 7) is 2.91. The van der Waals surface area contributed by atoms with Crippen LogP contribution in [-0.2, 0) is 0 Å². The Labute approximate surface area is 117 Å². The maximum atomic E-state index is 10.9. The van der Waals surface area contributed by atoms with Gasteiger partial charge in [0.2, 0.25) is 0 Å². The van der Waals surface area contributed by atoms with Crippen LogP contribution in [0.5, 0.6) is 5.75 Å². The topological polar surface area (TPSA) is 84.6 Å². The molecule has 1 saturated carbocycles. The Morgan fingerprint density at radius 1 is 1.45 bits per heavy atom. The minimum absolute atomic E-state index is 0.00502. The summed E-state index contributed by atoms with van der Waals surface area (Å²) in [4.78, 5) is 10.5. The fourth-order valence-corrected chi connectivity index (χ4v) is 2.55.